The maximum atomic E-state index is 12.8. The number of ether oxygens (including phenoxy) is 1. The van der Waals surface area contributed by atoms with Gasteiger partial charge in [-0.3, -0.25) is 4.79 Å². The average Bonchev–Trinajstić information content (AvgIpc) is 3.20. The second-order valence-electron chi connectivity index (χ2n) is 8.64. The fraction of sp³-hybridized carbons (Fsp3) is 0.286. The fourth-order valence-electron chi connectivity index (χ4n) is 3.98. The molecule has 1 amide bonds. The number of halogens is 1. The van der Waals surface area contributed by atoms with Crippen molar-refractivity contribution in [2.75, 3.05) is 6.61 Å². The Bertz CT molecular complexity index is 1280. The van der Waals surface area contributed by atoms with E-state index in [9.17, 15) is 4.79 Å². The van der Waals surface area contributed by atoms with Crippen molar-refractivity contribution in [3.05, 3.63) is 94.3 Å². The largest absolute Gasteiger partial charge is 0.494 e. The third-order valence-corrected chi connectivity index (χ3v) is 6.33. The van der Waals surface area contributed by atoms with Gasteiger partial charge in [0.05, 0.1) is 23.7 Å². The number of nitrogens with one attached hydrogen (secondary N) is 1. The number of hydrogen-bond acceptors (Lipinski definition) is 3. The molecule has 0 bridgehead atoms. The van der Waals surface area contributed by atoms with Crippen LogP contribution in [0.15, 0.2) is 66.7 Å². The summed E-state index contributed by atoms with van der Waals surface area (Å²) >= 11 is 6.09. The first-order valence-corrected chi connectivity index (χ1v) is 12.0. The zero-order chi connectivity index (χ0) is 24.1. The molecule has 1 unspecified atom stereocenters. The lowest BCUT2D eigenvalue weighted by Crippen LogP contribution is -2.28. The number of nitrogens with zero attached hydrogens (tertiary/aromatic N) is 2. The van der Waals surface area contributed by atoms with Gasteiger partial charge in [0.15, 0.2) is 0 Å². The molecular weight excluding hydrogens is 446 g/mol. The SMILES string of the molecule is Cc1ccc(C(=O)NC(C)c2nc3ccccc3n2CCCCOc2ccc(Cl)c(C)c2)cc1. The predicted molar refractivity (Wildman–Crippen MR) is 138 cm³/mol. The van der Waals surface area contributed by atoms with Crippen LogP contribution in [-0.2, 0) is 6.54 Å². The summed E-state index contributed by atoms with van der Waals surface area (Å²) in [6.07, 6.45) is 1.83. The van der Waals surface area contributed by atoms with Crippen molar-refractivity contribution < 1.29 is 9.53 Å². The van der Waals surface area contributed by atoms with Gasteiger partial charge in [-0.2, -0.15) is 0 Å². The van der Waals surface area contributed by atoms with Gasteiger partial charge < -0.3 is 14.6 Å². The second-order valence-corrected chi connectivity index (χ2v) is 9.05. The monoisotopic (exact) mass is 475 g/mol. The Balaban J connectivity index is 1.41. The van der Waals surface area contributed by atoms with Crippen molar-refractivity contribution in [2.45, 2.75) is 46.2 Å². The number of hydrogen-bond donors (Lipinski definition) is 1. The number of unbranched alkanes of at least 4 members (excludes halogenated alkanes) is 1. The zero-order valence-corrected chi connectivity index (χ0v) is 20.6. The third kappa shape index (κ3) is 5.60. The lowest BCUT2D eigenvalue weighted by molar-refractivity contribution is 0.0937. The first-order valence-electron chi connectivity index (χ1n) is 11.6. The van der Waals surface area contributed by atoms with Crippen LogP contribution in [0.3, 0.4) is 0 Å². The average molecular weight is 476 g/mol. The van der Waals surface area contributed by atoms with E-state index in [1.54, 1.807) is 0 Å². The number of carbonyl (C=O) groups excluding carboxylic acids is 1. The van der Waals surface area contributed by atoms with Gasteiger partial charge in [-0.25, -0.2) is 4.98 Å². The van der Waals surface area contributed by atoms with Crippen LogP contribution in [0.4, 0.5) is 0 Å². The second kappa shape index (κ2) is 10.7. The summed E-state index contributed by atoms with van der Waals surface area (Å²) in [5, 5.41) is 3.85. The molecule has 176 valence electrons. The van der Waals surface area contributed by atoms with E-state index in [0.717, 1.165) is 58.1 Å². The number of rotatable bonds is 9. The summed E-state index contributed by atoms with van der Waals surface area (Å²) in [4.78, 5) is 17.6. The number of benzene rings is 3. The number of amides is 1. The van der Waals surface area contributed by atoms with Crippen molar-refractivity contribution in [2.24, 2.45) is 0 Å². The Morgan fingerprint density at radius 3 is 2.59 bits per heavy atom. The van der Waals surface area contributed by atoms with Gasteiger partial charge in [-0.05, 0) is 81.6 Å². The first-order chi connectivity index (χ1) is 16.4. The van der Waals surface area contributed by atoms with E-state index in [4.69, 9.17) is 21.3 Å². The summed E-state index contributed by atoms with van der Waals surface area (Å²) in [7, 11) is 0. The smallest absolute Gasteiger partial charge is 0.251 e. The quantitative estimate of drug-likeness (QED) is 0.275. The minimum atomic E-state index is -0.227. The Morgan fingerprint density at radius 2 is 1.82 bits per heavy atom. The molecule has 3 aromatic carbocycles. The number of aryl methyl sites for hydroxylation is 3. The van der Waals surface area contributed by atoms with Crippen LogP contribution in [0.1, 0.15) is 53.1 Å². The van der Waals surface area contributed by atoms with Gasteiger partial charge in [0.2, 0.25) is 0 Å². The van der Waals surface area contributed by atoms with Gasteiger partial charge in [0.25, 0.3) is 5.91 Å². The van der Waals surface area contributed by atoms with Crippen LogP contribution in [0.2, 0.25) is 5.02 Å². The third-order valence-electron chi connectivity index (χ3n) is 5.91. The number of aromatic nitrogens is 2. The van der Waals surface area contributed by atoms with Crippen molar-refractivity contribution in [1.29, 1.82) is 0 Å². The van der Waals surface area contributed by atoms with E-state index in [1.807, 2.05) is 81.4 Å². The van der Waals surface area contributed by atoms with Crippen LogP contribution in [0, 0.1) is 13.8 Å². The summed E-state index contributed by atoms with van der Waals surface area (Å²) in [6.45, 7) is 7.38. The number of imidazole rings is 1. The molecule has 1 heterocycles. The van der Waals surface area contributed by atoms with E-state index >= 15 is 0 Å². The molecule has 6 heteroatoms. The van der Waals surface area contributed by atoms with Crippen molar-refractivity contribution in [1.82, 2.24) is 14.9 Å². The molecule has 0 fully saturated rings. The molecule has 1 atom stereocenters. The Morgan fingerprint density at radius 1 is 1.06 bits per heavy atom. The maximum absolute atomic E-state index is 12.8. The van der Waals surface area contributed by atoms with Crippen LogP contribution in [0.25, 0.3) is 11.0 Å². The predicted octanol–water partition coefficient (Wildman–Crippen LogP) is 6.66. The molecule has 0 spiro atoms. The van der Waals surface area contributed by atoms with Gasteiger partial charge in [0.1, 0.15) is 11.6 Å². The van der Waals surface area contributed by atoms with Gasteiger partial charge in [-0.1, -0.05) is 41.4 Å². The van der Waals surface area contributed by atoms with Crippen LogP contribution in [-0.4, -0.2) is 22.1 Å². The summed E-state index contributed by atoms with van der Waals surface area (Å²) in [5.74, 6) is 1.59. The van der Waals surface area contributed by atoms with Gasteiger partial charge in [-0.15, -0.1) is 0 Å². The van der Waals surface area contributed by atoms with E-state index in [2.05, 4.69) is 16.0 Å². The minimum absolute atomic E-state index is 0.0993. The molecule has 0 saturated carbocycles. The van der Waals surface area contributed by atoms with Crippen LogP contribution in [0.5, 0.6) is 5.75 Å². The molecule has 1 N–H and O–H groups in total. The molecule has 34 heavy (non-hydrogen) atoms. The topological polar surface area (TPSA) is 56.2 Å². The Hall–Kier alpha value is -3.31. The Kier molecular flexibility index (Phi) is 7.53. The van der Waals surface area contributed by atoms with E-state index in [0.29, 0.717) is 12.2 Å². The van der Waals surface area contributed by atoms with Gasteiger partial charge >= 0.3 is 0 Å². The molecule has 0 saturated heterocycles. The minimum Gasteiger partial charge on any atom is -0.494 e. The highest BCUT2D eigenvalue weighted by Gasteiger charge is 2.19. The first kappa shape index (κ1) is 23.8. The highest BCUT2D eigenvalue weighted by atomic mass is 35.5. The highest BCUT2D eigenvalue weighted by molar-refractivity contribution is 6.31. The van der Waals surface area contributed by atoms with Gasteiger partial charge in [0, 0.05) is 17.1 Å². The van der Waals surface area contributed by atoms with E-state index in [-0.39, 0.29) is 11.9 Å². The van der Waals surface area contributed by atoms with Crippen LogP contribution >= 0.6 is 11.6 Å². The van der Waals surface area contributed by atoms with E-state index in [1.165, 1.54) is 0 Å². The molecule has 0 aliphatic carbocycles. The number of carbonyl (C=O) groups is 1. The van der Waals surface area contributed by atoms with E-state index < -0.39 is 0 Å². The molecule has 1 aromatic heterocycles. The van der Waals surface area contributed by atoms with Crippen molar-refractivity contribution in [3.63, 3.8) is 0 Å². The Labute approximate surface area is 205 Å². The summed E-state index contributed by atoms with van der Waals surface area (Å²) < 4.78 is 8.11. The number of fused-ring (bicyclic) bond motifs is 1. The molecule has 0 aliphatic heterocycles. The molecule has 0 radical (unpaired) electrons. The molecule has 4 rings (SSSR count). The molecule has 0 aliphatic rings. The lowest BCUT2D eigenvalue weighted by Gasteiger charge is -2.17. The number of para-hydroxylation sites is 2. The van der Waals surface area contributed by atoms with Crippen LogP contribution < -0.4 is 10.1 Å². The molecular formula is C28H30ClN3O2. The molecule has 4 aromatic rings. The standard InChI is InChI=1S/C28H30ClN3O2/c1-19-10-12-22(13-11-19)28(33)30-21(3)27-31-25-8-4-5-9-26(25)32(27)16-6-7-17-34-23-14-15-24(29)20(2)18-23/h4-5,8-15,18,21H,6-7,16-17H2,1-3H3,(H,30,33). The maximum Gasteiger partial charge on any atom is 0.251 e. The lowest BCUT2D eigenvalue weighted by atomic mass is 10.1. The van der Waals surface area contributed by atoms with Crippen molar-refractivity contribution >= 4 is 28.5 Å². The summed E-state index contributed by atoms with van der Waals surface area (Å²) in [5.41, 5.74) is 4.79. The highest BCUT2D eigenvalue weighted by Crippen LogP contribution is 2.23. The van der Waals surface area contributed by atoms with Crippen molar-refractivity contribution in [3.8, 4) is 5.75 Å². The zero-order valence-electron chi connectivity index (χ0n) is 19.8. The molecule has 5 nitrogen and oxygen atoms in total. The fourth-order valence-corrected chi connectivity index (χ4v) is 4.10. The summed E-state index contributed by atoms with van der Waals surface area (Å²) in [6, 6.07) is 21.2. The normalized spacial score (nSPS) is 12.0.